The van der Waals surface area contributed by atoms with Crippen molar-refractivity contribution in [2.24, 2.45) is 0 Å². The van der Waals surface area contributed by atoms with Gasteiger partial charge < -0.3 is 0 Å². The van der Waals surface area contributed by atoms with Crippen LogP contribution in [0.1, 0.15) is 33.8 Å². The minimum atomic E-state index is -0.159. The zero-order valence-electron chi connectivity index (χ0n) is 10.6. The van der Waals surface area contributed by atoms with E-state index in [1.165, 1.54) is 17.7 Å². The van der Waals surface area contributed by atoms with Crippen LogP contribution in [-0.4, -0.2) is 10.9 Å². The highest BCUT2D eigenvalue weighted by molar-refractivity contribution is 9.10. The predicted octanol–water partition coefficient (Wildman–Crippen LogP) is 4.69. The Hall–Kier alpha value is -0.910. The third-order valence-electron chi connectivity index (χ3n) is 3.25. The van der Waals surface area contributed by atoms with E-state index in [4.69, 9.17) is 11.6 Å². The number of amides is 1. The van der Waals surface area contributed by atoms with Gasteiger partial charge in [0.05, 0.1) is 10.7 Å². The molecule has 0 bridgehead atoms. The predicted molar refractivity (Wildman–Crippen MR) is 85.9 cm³/mol. The van der Waals surface area contributed by atoms with Crippen LogP contribution in [0, 0.1) is 0 Å². The minimum Gasteiger partial charge on any atom is -0.298 e. The van der Waals surface area contributed by atoms with E-state index >= 15 is 0 Å². The molecule has 1 heterocycles. The molecule has 0 aliphatic heterocycles. The Morgan fingerprint density at radius 3 is 2.90 bits per heavy atom. The number of thiazole rings is 1. The second-order valence-corrected chi connectivity index (χ2v) is 7.02. The lowest BCUT2D eigenvalue weighted by Gasteiger charge is -2.06. The number of halogens is 2. The van der Waals surface area contributed by atoms with Crippen LogP contribution >= 0.6 is 38.9 Å². The van der Waals surface area contributed by atoms with Gasteiger partial charge in [-0.25, -0.2) is 4.98 Å². The molecule has 1 aliphatic rings. The van der Waals surface area contributed by atoms with Gasteiger partial charge in [-0.1, -0.05) is 11.6 Å². The average molecular weight is 372 g/mol. The Labute approximate surface area is 134 Å². The normalized spacial score (nSPS) is 13.9. The SMILES string of the molecule is O=C(Nc1nc2c(s1)CCCC2)c1ccc(Cl)c(Br)c1. The zero-order chi connectivity index (χ0) is 14.1. The van der Waals surface area contributed by atoms with Crippen LogP contribution in [0.5, 0.6) is 0 Å². The fourth-order valence-corrected chi connectivity index (χ4v) is 3.75. The summed E-state index contributed by atoms with van der Waals surface area (Å²) >= 11 is 10.8. The van der Waals surface area contributed by atoms with Gasteiger partial charge in [-0.3, -0.25) is 10.1 Å². The number of anilines is 1. The molecule has 0 unspecified atom stereocenters. The zero-order valence-corrected chi connectivity index (χ0v) is 13.7. The minimum absolute atomic E-state index is 0.159. The molecule has 0 spiro atoms. The molecule has 2 aromatic rings. The van der Waals surface area contributed by atoms with Gasteiger partial charge in [0.1, 0.15) is 0 Å². The number of hydrogen-bond acceptors (Lipinski definition) is 3. The Bertz CT molecular complexity index is 648. The molecule has 3 nitrogen and oxygen atoms in total. The average Bonchev–Trinajstić information content (AvgIpc) is 2.83. The van der Waals surface area contributed by atoms with E-state index in [9.17, 15) is 4.79 Å². The highest BCUT2D eigenvalue weighted by atomic mass is 79.9. The first-order chi connectivity index (χ1) is 9.63. The van der Waals surface area contributed by atoms with E-state index in [0.29, 0.717) is 20.2 Å². The summed E-state index contributed by atoms with van der Waals surface area (Å²) in [7, 11) is 0. The van der Waals surface area contributed by atoms with Gasteiger partial charge >= 0.3 is 0 Å². The van der Waals surface area contributed by atoms with Crippen molar-refractivity contribution in [3.05, 3.63) is 43.8 Å². The molecule has 1 aromatic carbocycles. The van der Waals surface area contributed by atoms with Crippen LogP contribution in [-0.2, 0) is 12.8 Å². The molecule has 6 heteroatoms. The van der Waals surface area contributed by atoms with Crippen LogP contribution in [0.4, 0.5) is 5.13 Å². The number of hydrogen-bond donors (Lipinski definition) is 1. The molecule has 1 amide bonds. The van der Waals surface area contributed by atoms with Crippen LogP contribution in [0.2, 0.25) is 5.02 Å². The van der Waals surface area contributed by atoms with Crippen molar-refractivity contribution in [2.75, 3.05) is 5.32 Å². The second-order valence-electron chi connectivity index (χ2n) is 4.68. The Kier molecular flexibility index (Phi) is 4.10. The highest BCUT2D eigenvalue weighted by Gasteiger charge is 2.17. The standard InChI is InChI=1S/C14H12BrClN2OS/c15-9-7-8(5-6-10(9)16)13(19)18-14-17-11-3-1-2-4-12(11)20-14/h5-7H,1-4H2,(H,17,18,19). The number of carbonyl (C=O) groups is 1. The summed E-state index contributed by atoms with van der Waals surface area (Å²) in [5.74, 6) is -0.159. The summed E-state index contributed by atoms with van der Waals surface area (Å²) < 4.78 is 0.713. The quantitative estimate of drug-likeness (QED) is 0.832. The molecule has 0 atom stereocenters. The summed E-state index contributed by atoms with van der Waals surface area (Å²) in [5, 5.41) is 4.14. The molecule has 0 saturated heterocycles. The van der Waals surface area contributed by atoms with Crippen LogP contribution in [0.25, 0.3) is 0 Å². The number of rotatable bonds is 2. The monoisotopic (exact) mass is 370 g/mol. The third-order valence-corrected chi connectivity index (χ3v) is 5.53. The summed E-state index contributed by atoms with van der Waals surface area (Å²) in [5.41, 5.74) is 1.71. The van der Waals surface area contributed by atoms with Gasteiger partial charge in [-0.05, 0) is 59.8 Å². The summed E-state index contributed by atoms with van der Waals surface area (Å²) in [6.07, 6.45) is 4.50. The summed E-state index contributed by atoms with van der Waals surface area (Å²) in [4.78, 5) is 18.0. The molecular formula is C14H12BrClN2OS. The van der Waals surface area contributed by atoms with Crippen molar-refractivity contribution in [3.8, 4) is 0 Å². The lowest BCUT2D eigenvalue weighted by Crippen LogP contribution is -2.11. The van der Waals surface area contributed by atoms with E-state index < -0.39 is 0 Å². The van der Waals surface area contributed by atoms with Gasteiger partial charge in [0.15, 0.2) is 5.13 Å². The van der Waals surface area contributed by atoms with Crippen LogP contribution in [0.15, 0.2) is 22.7 Å². The first-order valence-corrected chi connectivity index (χ1v) is 8.37. The van der Waals surface area contributed by atoms with Crippen molar-refractivity contribution in [1.82, 2.24) is 4.98 Å². The maximum Gasteiger partial charge on any atom is 0.257 e. The van der Waals surface area contributed by atoms with Crippen LogP contribution < -0.4 is 5.32 Å². The number of carbonyl (C=O) groups excluding carboxylic acids is 1. The fraction of sp³-hybridized carbons (Fsp3) is 0.286. The maximum absolute atomic E-state index is 12.2. The lowest BCUT2D eigenvalue weighted by atomic mass is 10.0. The lowest BCUT2D eigenvalue weighted by molar-refractivity contribution is 0.102. The number of aryl methyl sites for hydroxylation is 2. The number of nitrogens with zero attached hydrogens (tertiary/aromatic N) is 1. The largest absolute Gasteiger partial charge is 0.298 e. The number of benzene rings is 1. The van der Waals surface area contributed by atoms with Gasteiger partial charge in [0, 0.05) is 14.9 Å². The molecule has 3 rings (SSSR count). The third kappa shape index (κ3) is 2.90. The van der Waals surface area contributed by atoms with Gasteiger partial charge in [-0.2, -0.15) is 0 Å². The second kappa shape index (κ2) is 5.84. The van der Waals surface area contributed by atoms with Crippen molar-refractivity contribution < 1.29 is 4.79 Å². The van der Waals surface area contributed by atoms with Crippen molar-refractivity contribution in [1.29, 1.82) is 0 Å². The molecule has 1 aromatic heterocycles. The van der Waals surface area contributed by atoms with Crippen LogP contribution in [0.3, 0.4) is 0 Å². The topological polar surface area (TPSA) is 42.0 Å². The molecule has 20 heavy (non-hydrogen) atoms. The number of aromatic nitrogens is 1. The Morgan fingerprint density at radius 2 is 2.15 bits per heavy atom. The van der Waals surface area contributed by atoms with Crippen molar-refractivity contribution in [3.63, 3.8) is 0 Å². The van der Waals surface area contributed by atoms with Crippen molar-refractivity contribution in [2.45, 2.75) is 25.7 Å². The van der Waals surface area contributed by atoms with E-state index in [1.807, 2.05) is 0 Å². The first-order valence-electron chi connectivity index (χ1n) is 6.38. The summed E-state index contributed by atoms with van der Waals surface area (Å²) in [6.45, 7) is 0. The molecule has 1 aliphatic carbocycles. The van der Waals surface area contributed by atoms with Gasteiger partial charge in [-0.15, -0.1) is 11.3 Å². The number of fused-ring (bicyclic) bond motifs is 1. The molecule has 0 fully saturated rings. The summed E-state index contributed by atoms with van der Waals surface area (Å²) in [6, 6.07) is 5.12. The Balaban J connectivity index is 1.78. The van der Waals surface area contributed by atoms with Crippen molar-refractivity contribution >= 4 is 49.9 Å². The first kappa shape index (κ1) is 14.0. The molecule has 1 N–H and O–H groups in total. The smallest absolute Gasteiger partial charge is 0.257 e. The van der Waals surface area contributed by atoms with Gasteiger partial charge in [0.25, 0.3) is 5.91 Å². The molecule has 0 saturated carbocycles. The number of nitrogens with one attached hydrogen (secondary N) is 1. The van der Waals surface area contributed by atoms with E-state index in [0.717, 1.165) is 18.5 Å². The fourth-order valence-electron chi connectivity index (χ4n) is 2.21. The highest BCUT2D eigenvalue weighted by Crippen LogP contribution is 2.30. The van der Waals surface area contributed by atoms with E-state index in [-0.39, 0.29) is 5.91 Å². The van der Waals surface area contributed by atoms with E-state index in [2.05, 4.69) is 26.2 Å². The molecular weight excluding hydrogens is 360 g/mol. The molecule has 0 radical (unpaired) electrons. The molecule has 104 valence electrons. The van der Waals surface area contributed by atoms with E-state index in [1.54, 1.807) is 29.5 Å². The van der Waals surface area contributed by atoms with Gasteiger partial charge in [0.2, 0.25) is 0 Å². The maximum atomic E-state index is 12.2. The Morgan fingerprint density at radius 1 is 1.35 bits per heavy atom.